The van der Waals surface area contributed by atoms with E-state index in [2.05, 4.69) is 16.2 Å². The fourth-order valence-corrected chi connectivity index (χ4v) is 3.59. The van der Waals surface area contributed by atoms with Crippen LogP contribution >= 0.6 is 11.8 Å². The molecule has 0 radical (unpaired) electrons. The second-order valence-corrected chi connectivity index (χ2v) is 6.31. The van der Waals surface area contributed by atoms with Crippen molar-refractivity contribution >= 4 is 35.0 Å². The van der Waals surface area contributed by atoms with E-state index in [9.17, 15) is 14.4 Å². The minimum Gasteiger partial charge on any atom is -0.467 e. The fourth-order valence-electron chi connectivity index (χ4n) is 2.69. The van der Waals surface area contributed by atoms with Crippen molar-refractivity contribution < 1.29 is 19.1 Å². The minimum absolute atomic E-state index is 0.321. The van der Waals surface area contributed by atoms with Gasteiger partial charge >= 0.3 is 5.97 Å². The Morgan fingerprint density at radius 2 is 2.04 bits per heavy atom. The van der Waals surface area contributed by atoms with Crippen molar-refractivity contribution in [3.8, 4) is 0 Å². The zero-order chi connectivity index (χ0) is 17.3. The highest BCUT2D eigenvalue weighted by Gasteiger charge is 2.41. The van der Waals surface area contributed by atoms with Crippen LogP contribution in [0.5, 0.6) is 0 Å². The molecule has 1 aliphatic heterocycles. The molecular weight excluding hydrogens is 316 g/mol. The third kappa shape index (κ3) is 3.06. The summed E-state index contributed by atoms with van der Waals surface area (Å²) in [5, 5.41) is -0.455. The minimum atomic E-state index is -0.929. The number of thioether (sulfide) groups is 1. The lowest BCUT2D eigenvalue weighted by atomic mass is 10.2. The van der Waals surface area contributed by atoms with Crippen LogP contribution in [0.3, 0.4) is 0 Å². The van der Waals surface area contributed by atoms with Gasteiger partial charge in [0, 0.05) is 17.9 Å². The highest BCUT2D eigenvalue weighted by atomic mass is 32.2. The highest BCUT2D eigenvalue weighted by Crippen LogP contribution is 2.34. The van der Waals surface area contributed by atoms with Gasteiger partial charge in [0.05, 0.1) is 12.0 Å². The van der Waals surface area contributed by atoms with E-state index in [4.69, 9.17) is 0 Å². The summed E-state index contributed by atoms with van der Waals surface area (Å²) in [5.41, 5.74) is 3.04. The van der Waals surface area contributed by atoms with Crippen molar-refractivity contribution in [2.45, 2.75) is 40.3 Å². The Hall–Kier alpha value is -2.02. The number of ether oxygens (including phenoxy) is 1. The van der Waals surface area contributed by atoms with E-state index >= 15 is 0 Å². The van der Waals surface area contributed by atoms with Gasteiger partial charge in [-0.05, 0) is 57.2 Å². The van der Waals surface area contributed by atoms with Crippen molar-refractivity contribution in [1.82, 2.24) is 9.47 Å². The fraction of sp³-hybridized carbons (Fsp3) is 0.438. The van der Waals surface area contributed by atoms with Crippen LogP contribution in [0.25, 0.3) is 6.08 Å². The van der Waals surface area contributed by atoms with Crippen LogP contribution in [0.15, 0.2) is 11.0 Å². The Kier molecular flexibility index (Phi) is 4.99. The monoisotopic (exact) mass is 336 g/mol. The van der Waals surface area contributed by atoms with Crippen LogP contribution in [0, 0.1) is 13.8 Å². The number of amides is 2. The molecule has 23 heavy (non-hydrogen) atoms. The molecule has 1 fully saturated rings. The van der Waals surface area contributed by atoms with E-state index in [0.717, 1.165) is 40.2 Å². The van der Waals surface area contributed by atoms with Crippen molar-refractivity contribution in [1.29, 1.82) is 0 Å². The summed E-state index contributed by atoms with van der Waals surface area (Å²) < 4.78 is 6.74. The maximum atomic E-state index is 12.5. The van der Waals surface area contributed by atoms with Gasteiger partial charge in [0.15, 0.2) is 0 Å². The maximum Gasteiger partial charge on any atom is 0.328 e. The van der Waals surface area contributed by atoms with E-state index in [1.165, 1.54) is 14.0 Å². The lowest BCUT2D eigenvalue weighted by molar-refractivity contribution is -0.148. The molecule has 1 aromatic rings. The van der Waals surface area contributed by atoms with Gasteiger partial charge in [0.25, 0.3) is 11.1 Å². The van der Waals surface area contributed by atoms with Crippen LogP contribution in [-0.2, 0) is 20.9 Å². The molecule has 1 atom stereocenters. The first-order chi connectivity index (χ1) is 10.8. The number of hydrogen-bond acceptors (Lipinski definition) is 5. The summed E-state index contributed by atoms with van der Waals surface area (Å²) in [6.07, 6.45) is 1.71. The summed E-state index contributed by atoms with van der Waals surface area (Å²) in [6.45, 7) is 8.35. The van der Waals surface area contributed by atoms with Crippen molar-refractivity contribution in [3.63, 3.8) is 0 Å². The van der Waals surface area contributed by atoms with Crippen LogP contribution < -0.4 is 0 Å². The van der Waals surface area contributed by atoms with E-state index < -0.39 is 23.2 Å². The lowest BCUT2D eigenvalue weighted by Crippen LogP contribution is -2.42. The predicted octanol–water partition coefficient (Wildman–Crippen LogP) is 2.72. The Bertz CT molecular complexity index is 705. The van der Waals surface area contributed by atoms with E-state index in [1.54, 1.807) is 6.08 Å². The Labute approximate surface area is 139 Å². The molecule has 0 unspecified atom stereocenters. The molecule has 7 heteroatoms. The summed E-state index contributed by atoms with van der Waals surface area (Å²) in [6, 6.07) is 1.05. The van der Waals surface area contributed by atoms with Crippen molar-refractivity contribution in [3.05, 3.63) is 27.9 Å². The summed E-state index contributed by atoms with van der Waals surface area (Å²) in [7, 11) is 1.23. The highest BCUT2D eigenvalue weighted by molar-refractivity contribution is 8.18. The van der Waals surface area contributed by atoms with Crippen molar-refractivity contribution in [2.24, 2.45) is 0 Å². The molecule has 0 saturated carbocycles. The molecule has 0 aliphatic carbocycles. The van der Waals surface area contributed by atoms with E-state index in [-0.39, 0.29) is 0 Å². The van der Waals surface area contributed by atoms with Gasteiger partial charge in [-0.15, -0.1) is 0 Å². The van der Waals surface area contributed by atoms with Crippen LogP contribution in [0.4, 0.5) is 4.79 Å². The molecule has 2 heterocycles. The first-order valence-corrected chi connectivity index (χ1v) is 8.15. The maximum absolute atomic E-state index is 12.5. The largest absolute Gasteiger partial charge is 0.467 e. The van der Waals surface area contributed by atoms with Gasteiger partial charge in [-0.3, -0.25) is 14.5 Å². The average molecular weight is 336 g/mol. The zero-order valence-corrected chi connectivity index (χ0v) is 14.7. The Morgan fingerprint density at radius 3 is 2.57 bits per heavy atom. The quantitative estimate of drug-likeness (QED) is 0.625. The number of hydrogen-bond donors (Lipinski definition) is 0. The Balaban J connectivity index is 2.34. The molecule has 0 spiro atoms. The average Bonchev–Trinajstić information content (AvgIpc) is 2.94. The number of carbonyl (C=O) groups is 3. The second-order valence-electron chi connectivity index (χ2n) is 5.32. The molecule has 1 saturated heterocycles. The zero-order valence-electron chi connectivity index (χ0n) is 13.9. The SMILES string of the molecule is CCn1c(C)cc(/C=C2/SC(=O)N([C@H](C)C(=O)OC)C2=O)c1C. The molecule has 0 aromatic carbocycles. The van der Waals surface area contributed by atoms with Gasteiger partial charge < -0.3 is 9.30 Å². The number of methoxy groups -OCH3 is 1. The number of nitrogens with zero attached hydrogens (tertiary/aromatic N) is 2. The molecular formula is C16H20N2O4S. The third-order valence-electron chi connectivity index (χ3n) is 3.97. The molecule has 0 bridgehead atoms. The number of carbonyl (C=O) groups excluding carboxylic acids is 3. The summed E-state index contributed by atoms with van der Waals surface area (Å²) in [5.74, 6) is -1.07. The number of rotatable bonds is 4. The third-order valence-corrected chi connectivity index (χ3v) is 4.85. The van der Waals surface area contributed by atoms with Crippen LogP contribution in [0.2, 0.25) is 0 Å². The normalized spacial score (nSPS) is 18.0. The molecule has 2 rings (SSSR count). The lowest BCUT2D eigenvalue weighted by Gasteiger charge is -2.18. The molecule has 1 aromatic heterocycles. The molecule has 2 amide bonds. The molecule has 0 N–H and O–H groups in total. The van der Waals surface area contributed by atoms with Gasteiger partial charge in [-0.25, -0.2) is 4.79 Å². The summed E-state index contributed by atoms with van der Waals surface area (Å²) >= 11 is 0.846. The Morgan fingerprint density at radius 1 is 1.39 bits per heavy atom. The summed E-state index contributed by atoms with van der Waals surface area (Å²) in [4.78, 5) is 37.4. The van der Waals surface area contributed by atoms with E-state index in [1.807, 2.05) is 19.9 Å². The first-order valence-electron chi connectivity index (χ1n) is 7.33. The molecule has 124 valence electrons. The van der Waals surface area contributed by atoms with Crippen LogP contribution in [-0.4, -0.2) is 39.7 Å². The number of aromatic nitrogens is 1. The predicted molar refractivity (Wildman–Crippen MR) is 88.9 cm³/mol. The second kappa shape index (κ2) is 6.62. The first kappa shape index (κ1) is 17.3. The molecule has 6 nitrogen and oxygen atoms in total. The smallest absolute Gasteiger partial charge is 0.328 e. The number of esters is 1. The molecule has 1 aliphatic rings. The van der Waals surface area contributed by atoms with Crippen LogP contribution in [0.1, 0.15) is 30.8 Å². The van der Waals surface area contributed by atoms with Gasteiger partial charge in [-0.1, -0.05) is 0 Å². The topological polar surface area (TPSA) is 68.6 Å². The van der Waals surface area contributed by atoms with Gasteiger partial charge in [0.2, 0.25) is 0 Å². The van der Waals surface area contributed by atoms with E-state index in [0.29, 0.717) is 4.91 Å². The number of imide groups is 1. The van der Waals surface area contributed by atoms with Gasteiger partial charge in [0.1, 0.15) is 6.04 Å². The standard InChI is InChI=1S/C16H20N2O4S/c1-6-17-9(2)7-12(10(17)3)8-13-14(19)18(16(21)23-13)11(4)15(20)22-5/h7-8,11H,6H2,1-5H3/b13-8+/t11-/m1/s1. The number of aryl methyl sites for hydroxylation is 1. The van der Waals surface area contributed by atoms with Gasteiger partial charge in [-0.2, -0.15) is 0 Å². The van der Waals surface area contributed by atoms with Crippen molar-refractivity contribution in [2.75, 3.05) is 7.11 Å².